The van der Waals surface area contributed by atoms with E-state index < -0.39 is 0 Å². The van der Waals surface area contributed by atoms with E-state index in [1.165, 1.54) is 10.8 Å². The van der Waals surface area contributed by atoms with Crippen LogP contribution < -0.4 is 51.4 Å². The Balaban J connectivity index is 0. The minimum absolute atomic E-state index is 0. The standard InChI is InChI=1S/C5H5NS2.C3H7.K/c7-8-5-1-3-6-4-2-5;1-3-2;/h1-4,7H;3H,1-2H3;/q;-1;+1/p-1. The summed E-state index contributed by atoms with van der Waals surface area (Å²) in [4.78, 5) is 4.91. The molecule has 0 unspecified atom stereocenters. The van der Waals surface area contributed by atoms with E-state index in [-0.39, 0.29) is 51.4 Å². The van der Waals surface area contributed by atoms with Crippen LogP contribution in [0, 0.1) is 6.42 Å². The van der Waals surface area contributed by atoms with Gasteiger partial charge in [-0.3, -0.25) is 15.8 Å². The molecule has 0 fully saturated rings. The summed E-state index contributed by atoms with van der Waals surface area (Å²) in [5.74, 6) is 0. The normalized spacial score (nSPS) is 7.58. The minimum atomic E-state index is 0. The molecule has 1 heterocycles. The molecule has 0 saturated carbocycles. The van der Waals surface area contributed by atoms with Crippen LogP contribution in [0.1, 0.15) is 13.8 Å². The van der Waals surface area contributed by atoms with Crippen LogP contribution in [-0.2, 0) is 11.7 Å². The van der Waals surface area contributed by atoms with Gasteiger partial charge >= 0.3 is 51.4 Å². The molecule has 0 aliphatic carbocycles. The topological polar surface area (TPSA) is 12.9 Å². The molecule has 0 bridgehead atoms. The van der Waals surface area contributed by atoms with Crippen molar-refractivity contribution in [3.63, 3.8) is 0 Å². The van der Waals surface area contributed by atoms with Gasteiger partial charge in [0.1, 0.15) is 0 Å². The molecule has 1 nitrogen and oxygen atoms in total. The summed E-state index contributed by atoms with van der Waals surface area (Å²) in [6.45, 7) is 4.00. The van der Waals surface area contributed by atoms with E-state index in [0.717, 1.165) is 4.90 Å². The number of hydrogen-bond acceptors (Lipinski definition) is 3. The molecule has 1 rings (SSSR count). The number of aromatic nitrogens is 1. The monoisotopic (exact) mass is 224 g/mol. The Morgan fingerprint density at radius 2 is 1.75 bits per heavy atom. The van der Waals surface area contributed by atoms with Gasteiger partial charge in [0.25, 0.3) is 0 Å². The molecule has 12 heavy (non-hydrogen) atoms. The zero-order valence-corrected chi connectivity index (χ0v) is 12.4. The second-order valence-electron chi connectivity index (χ2n) is 1.84. The van der Waals surface area contributed by atoms with Crippen molar-refractivity contribution in [2.45, 2.75) is 18.7 Å². The van der Waals surface area contributed by atoms with Gasteiger partial charge in [-0.05, 0) is 17.0 Å². The molecule has 0 saturated heterocycles. The number of hydrogen-bond donors (Lipinski definition) is 0. The number of pyridine rings is 1. The molecule has 0 amide bonds. The summed E-state index contributed by atoms with van der Waals surface area (Å²) in [6, 6.07) is 3.77. The molecule has 0 radical (unpaired) electrons. The SMILES string of the molecule is C[CH-]C.[K+].[S-]Sc1ccncc1. The van der Waals surface area contributed by atoms with Crippen molar-refractivity contribution in [2.75, 3.05) is 0 Å². The molecule has 4 heteroatoms. The summed E-state index contributed by atoms with van der Waals surface area (Å²) < 4.78 is 0. The van der Waals surface area contributed by atoms with Gasteiger partial charge in [-0.1, -0.05) is 0 Å². The molecule has 62 valence electrons. The van der Waals surface area contributed by atoms with E-state index in [9.17, 15) is 0 Å². The fraction of sp³-hybridized carbons (Fsp3) is 0.250. The Labute approximate surface area is 126 Å². The van der Waals surface area contributed by atoms with Gasteiger partial charge in [-0.25, -0.2) is 0 Å². The molecule has 0 aliphatic heterocycles. The summed E-state index contributed by atoms with van der Waals surface area (Å²) in [5.41, 5.74) is 0. The van der Waals surface area contributed by atoms with Gasteiger partial charge in [-0.2, -0.15) is 13.8 Å². The summed E-state index contributed by atoms with van der Waals surface area (Å²) >= 11 is 4.71. The fourth-order valence-electron chi connectivity index (χ4n) is 0.394. The first-order valence-corrected chi connectivity index (χ1v) is 5.03. The molecule has 1 aromatic heterocycles. The summed E-state index contributed by atoms with van der Waals surface area (Å²) in [6.07, 6.45) is 5.46. The molecular formula is C8H11KNS2-. The van der Waals surface area contributed by atoms with Gasteiger partial charge in [0.15, 0.2) is 0 Å². The van der Waals surface area contributed by atoms with Crippen LogP contribution in [0.5, 0.6) is 0 Å². The van der Waals surface area contributed by atoms with Crippen molar-refractivity contribution in [1.82, 2.24) is 4.98 Å². The second-order valence-corrected chi connectivity index (χ2v) is 2.98. The average molecular weight is 224 g/mol. The zero-order valence-electron chi connectivity index (χ0n) is 7.65. The van der Waals surface area contributed by atoms with Gasteiger partial charge < -0.3 is 18.1 Å². The van der Waals surface area contributed by atoms with Crippen molar-refractivity contribution in [2.24, 2.45) is 0 Å². The molecule has 0 N–H and O–H groups in total. The van der Waals surface area contributed by atoms with Crippen LogP contribution in [0.3, 0.4) is 0 Å². The zero-order chi connectivity index (χ0) is 8.53. The third kappa shape index (κ3) is 9.57. The van der Waals surface area contributed by atoms with Gasteiger partial charge in [0.05, 0.1) is 0 Å². The molecule has 0 atom stereocenters. The third-order valence-electron chi connectivity index (χ3n) is 0.746. The number of rotatable bonds is 1. The van der Waals surface area contributed by atoms with E-state index in [1.54, 1.807) is 12.4 Å². The van der Waals surface area contributed by atoms with Crippen molar-refractivity contribution in [1.29, 1.82) is 0 Å². The van der Waals surface area contributed by atoms with Crippen LogP contribution in [0.4, 0.5) is 0 Å². The molecule has 0 spiro atoms. The Morgan fingerprint density at radius 3 is 2.00 bits per heavy atom. The third-order valence-corrected chi connectivity index (χ3v) is 1.79. The van der Waals surface area contributed by atoms with Gasteiger partial charge in [0, 0.05) is 12.4 Å². The Kier molecular flexibility index (Phi) is 16.6. The molecule has 1 aromatic rings. The van der Waals surface area contributed by atoms with Gasteiger partial charge in [-0.15, -0.1) is 0 Å². The first-order valence-electron chi connectivity index (χ1n) is 3.29. The minimum Gasteiger partial charge on any atom is -0.714 e. The van der Waals surface area contributed by atoms with E-state index in [1.807, 2.05) is 32.4 Å². The Bertz CT molecular complexity index is 170. The van der Waals surface area contributed by atoms with Crippen LogP contribution in [0.2, 0.25) is 0 Å². The van der Waals surface area contributed by atoms with E-state index in [4.69, 9.17) is 11.7 Å². The predicted octanol–water partition coefficient (Wildman–Crippen LogP) is -0.130. The van der Waals surface area contributed by atoms with Crippen LogP contribution in [0.15, 0.2) is 29.4 Å². The van der Waals surface area contributed by atoms with Crippen molar-refractivity contribution < 1.29 is 51.4 Å². The average Bonchev–Trinajstić information content (AvgIpc) is 2.08. The maximum atomic E-state index is 4.71. The Hall–Kier alpha value is 1.49. The maximum absolute atomic E-state index is 4.71. The van der Waals surface area contributed by atoms with Crippen LogP contribution in [0.25, 0.3) is 0 Å². The molecule has 0 aromatic carbocycles. The first-order chi connectivity index (χ1) is 5.35. The van der Waals surface area contributed by atoms with Gasteiger partial charge in [0.2, 0.25) is 0 Å². The summed E-state index contributed by atoms with van der Waals surface area (Å²) in [5, 5.41) is 0. The summed E-state index contributed by atoms with van der Waals surface area (Å²) in [7, 11) is 1.31. The van der Waals surface area contributed by atoms with Crippen molar-refractivity contribution >= 4 is 22.5 Å². The smallest absolute Gasteiger partial charge is 0.714 e. The first kappa shape index (κ1) is 15.9. The number of nitrogens with zero attached hydrogens (tertiary/aromatic N) is 1. The largest absolute Gasteiger partial charge is 1.00 e. The van der Waals surface area contributed by atoms with Crippen LogP contribution >= 0.6 is 10.8 Å². The second kappa shape index (κ2) is 12.5. The quantitative estimate of drug-likeness (QED) is 0.285. The fourth-order valence-corrected chi connectivity index (χ4v) is 0.960. The van der Waals surface area contributed by atoms with Crippen molar-refractivity contribution in [3.05, 3.63) is 30.9 Å². The Morgan fingerprint density at radius 1 is 1.33 bits per heavy atom. The van der Waals surface area contributed by atoms with E-state index in [2.05, 4.69) is 4.98 Å². The van der Waals surface area contributed by atoms with Crippen molar-refractivity contribution in [3.8, 4) is 0 Å². The molecular weight excluding hydrogens is 213 g/mol. The molecule has 0 aliphatic rings. The van der Waals surface area contributed by atoms with E-state index in [0.29, 0.717) is 0 Å². The van der Waals surface area contributed by atoms with Crippen LogP contribution in [-0.4, -0.2) is 4.98 Å². The maximum Gasteiger partial charge on any atom is 1.00 e. The predicted molar refractivity (Wildman–Crippen MR) is 53.1 cm³/mol. The van der Waals surface area contributed by atoms with E-state index >= 15 is 0 Å².